The number of aromatic nitrogens is 3. The highest BCUT2D eigenvalue weighted by atomic mass is 16.1. The highest BCUT2D eigenvalue weighted by molar-refractivity contribution is 6.35. The SMILES string of the molecule is O=c1c2cc3c4ccccc4n(-c4ccccc4)c3cc2c2c3c4ccccc4n(-c4ccc(-c5ccccc5)cc4)c3cc3c4ccccc4n1c32. The van der Waals surface area contributed by atoms with Crippen molar-refractivity contribution in [3.8, 4) is 22.5 Å². The second kappa shape index (κ2) is 10.4. The van der Waals surface area contributed by atoms with Crippen LogP contribution in [0.15, 0.2) is 181 Å². The third-order valence-electron chi connectivity index (χ3n) is 11.4. The van der Waals surface area contributed by atoms with Crippen LogP contribution in [0, 0.1) is 0 Å². The van der Waals surface area contributed by atoms with E-state index < -0.39 is 0 Å². The van der Waals surface area contributed by atoms with Gasteiger partial charge in [0.2, 0.25) is 0 Å². The maximum Gasteiger partial charge on any atom is 0.263 e. The van der Waals surface area contributed by atoms with Crippen molar-refractivity contribution in [2.24, 2.45) is 0 Å². The Morgan fingerprint density at radius 1 is 0.321 bits per heavy atom. The van der Waals surface area contributed by atoms with Gasteiger partial charge in [-0.3, -0.25) is 9.20 Å². The fourth-order valence-electron chi connectivity index (χ4n) is 9.13. The molecule has 4 heterocycles. The molecule has 4 heteroatoms. The third kappa shape index (κ3) is 3.76. The number of hydrogen-bond donors (Lipinski definition) is 0. The number of nitrogens with zero attached hydrogens (tertiary/aromatic N) is 3. The lowest BCUT2D eigenvalue weighted by Crippen LogP contribution is -2.13. The van der Waals surface area contributed by atoms with Crippen molar-refractivity contribution in [1.82, 2.24) is 13.5 Å². The zero-order chi connectivity index (χ0) is 34.8. The van der Waals surface area contributed by atoms with Crippen molar-refractivity contribution in [2.75, 3.05) is 0 Å². The van der Waals surface area contributed by atoms with E-state index in [0.717, 1.165) is 93.0 Å². The number of benzene rings is 8. The summed E-state index contributed by atoms with van der Waals surface area (Å²) in [4.78, 5) is 15.0. The van der Waals surface area contributed by atoms with Crippen LogP contribution in [0.1, 0.15) is 0 Å². The summed E-state index contributed by atoms with van der Waals surface area (Å²) in [6.45, 7) is 0. The lowest BCUT2D eigenvalue weighted by atomic mass is 9.97. The smallest absolute Gasteiger partial charge is 0.263 e. The molecule has 4 aromatic heterocycles. The first kappa shape index (κ1) is 28.5. The van der Waals surface area contributed by atoms with Crippen LogP contribution in [0.3, 0.4) is 0 Å². The van der Waals surface area contributed by atoms with Gasteiger partial charge in [0.1, 0.15) is 0 Å². The van der Waals surface area contributed by atoms with E-state index in [-0.39, 0.29) is 5.56 Å². The van der Waals surface area contributed by atoms with Crippen molar-refractivity contribution < 1.29 is 0 Å². The van der Waals surface area contributed by atoms with Crippen LogP contribution in [-0.2, 0) is 0 Å². The second-order valence-corrected chi connectivity index (χ2v) is 14.1. The quantitative estimate of drug-likeness (QED) is 0.172. The normalized spacial score (nSPS) is 12.2. The van der Waals surface area contributed by atoms with Crippen LogP contribution in [0.25, 0.3) is 104 Å². The molecule has 12 aromatic rings. The summed E-state index contributed by atoms with van der Waals surface area (Å²) >= 11 is 0. The lowest BCUT2D eigenvalue weighted by Gasteiger charge is -2.12. The fraction of sp³-hybridized carbons (Fsp3) is 0. The molecule has 0 amide bonds. The van der Waals surface area contributed by atoms with Crippen LogP contribution in [0.2, 0.25) is 0 Å². The maximum absolute atomic E-state index is 15.0. The summed E-state index contributed by atoms with van der Waals surface area (Å²) in [5, 5.41) is 9.46. The Bertz CT molecular complexity index is 3500. The maximum atomic E-state index is 15.0. The third-order valence-corrected chi connectivity index (χ3v) is 11.4. The van der Waals surface area contributed by atoms with E-state index in [9.17, 15) is 4.79 Å². The zero-order valence-corrected chi connectivity index (χ0v) is 28.5. The number of pyridine rings is 1. The summed E-state index contributed by atoms with van der Waals surface area (Å²) in [6.07, 6.45) is 0. The predicted octanol–water partition coefficient (Wildman–Crippen LogP) is 12.1. The molecule has 0 aliphatic carbocycles. The summed E-state index contributed by atoms with van der Waals surface area (Å²) < 4.78 is 6.72. The van der Waals surface area contributed by atoms with Gasteiger partial charge in [0, 0.05) is 54.5 Å². The molecule has 0 aliphatic heterocycles. The first-order chi connectivity index (χ1) is 26.2. The molecule has 8 aromatic carbocycles. The van der Waals surface area contributed by atoms with Gasteiger partial charge < -0.3 is 9.13 Å². The van der Waals surface area contributed by atoms with Crippen molar-refractivity contribution in [3.05, 3.63) is 186 Å². The van der Waals surface area contributed by atoms with Crippen molar-refractivity contribution in [1.29, 1.82) is 0 Å². The van der Waals surface area contributed by atoms with Crippen molar-refractivity contribution in [2.45, 2.75) is 0 Å². The molecule has 12 rings (SSSR count). The molecule has 0 spiro atoms. The van der Waals surface area contributed by atoms with E-state index in [2.05, 4.69) is 179 Å². The van der Waals surface area contributed by atoms with E-state index in [4.69, 9.17) is 0 Å². The minimum atomic E-state index is 0.0109. The van der Waals surface area contributed by atoms with Crippen LogP contribution >= 0.6 is 0 Å². The molecule has 246 valence electrons. The summed E-state index contributed by atoms with van der Waals surface area (Å²) in [7, 11) is 0. The molecule has 0 bridgehead atoms. The Hall–Kier alpha value is -7.17. The molecule has 0 saturated carbocycles. The first-order valence-electron chi connectivity index (χ1n) is 18.1. The van der Waals surface area contributed by atoms with Gasteiger partial charge in [-0.25, -0.2) is 0 Å². The van der Waals surface area contributed by atoms with E-state index in [1.807, 2.05) is 10.5 Å². The molecule has 0 saturated heterocycles. The molecule has 0 atom stereocenters. The average Bonchev–Trinajstić information content (AvgIpc) is 3.85. The van der Waals surface area contributed by atoms with Crippen LogP contribution in [0.4, 0.5) is 0 Å². The molecule has 0 aliphatic rings. The van der Waals surface area contributed by atoms with Gasteiger partial charge in [-0.1, -0.05) is 115 Å². The van der Waals surface area contributed by atoms with Gasteiger partial charge in [-0.2, -0.15) is 0 Å². The largest absolute Gasteiger partial charge is 0.309 e. The van der Waals surface area contributed by atoms with E-state index in [1.165, 1.54) is 11.1 Å². The highest BCUT2D eigenvalue weighted by Gasteiger charge is 2.25. The van der Waals surface area contributed by atoms with Gasteiger partial charge >= 0.3 is 0 Å². The fourth-order valence-corrected chi connectivity index (χ4v) is 9.13. The minimum Gasteiger partial charge on any atom is -0.309 e. The Kier molecular flexibility index (Phi) is 5.62. The molecule has 53 heavy (non-hydrogen) atoms. The molecule has 0 unspecified atom stereocenters. The predicted molar refractivity (Wildman–Crippen MR) is 221 cm³/mol. The standard InChI is InChI=1S/C49H29N3O/c53-49-40-27-37-34-17-7-10-20-41(34)50(32-15-5-2-6-16-32)44(37)28-38(40)47-46-36-19-9-12-22-43(36)51(33-25-23-31(24-26-33)30-13-3-1-4-14-30)45(46)29-39-35-18-8-11-21-42(35)52(49)48(39)47/h1-29H. The van der Waals surface area contributed by atoms with E-state index in [1.54, 1.807) is 0 Å². The zero-order valence-electron chi connectivity index (χ0n) is 28.5. The molecule has 0 N–H and O–H groups in total. The van der Waals surface area contributed by atoms with Gasteiger partial charge in [-0.05, 0) is 77.2 Å². The number of rotatable bonds is 3. The van der Waals surface area contributed by atoms with Crippen molar-refractivity contribution in [3.63, 3.8) is 0 Å². The molecule has 4 nitrogen and oxygen atoms in total. The number of fused-ring (bicyclic) bond motifs is 12. The van der Waals surface area contributed by atoms with Crippen LogP contribution in [0.5, 0.6) is 0 Å². The monoisotopic (exact) mass is 675 g/mol. The topological polar surface area (TPSA) is 31.3 Å². The molecular weight excluding hydrogens is 647 g/mol. The van der Waals surface area contributed by atoms with E-state index in [0.29, 0.717) is 0 Å². The Morgan fingerprint density at radius 3 is 1.58 bits per heavy atom. The number of hydrogen-bond acceptors (Lipinski definition) is 1. The average molecular weight is 676 g/mol. The summed E-state index contributed by atoms with van der Waals surface area (Å²) in [5.74, 6) is 0. The Balaban J connectivity index is 1.30. The number of para-hydroxylation sites is 4. The molecule has 0 radical (unpaired) electrons. The lowest BCUT2D eigenvalue weighted by molar-refractivity contribution is 1.18. The summed E-state index contributed by atoms with van der Waals surface area (Å²) in [5.41, 5.74) is 10.9. The van der Waals surface area contributed by atoms with Crippen molar-refractivity contribution >= 4 is 81.6 Å². The highest BCUT2D eigenvalue weighted by Crippen LogP contribution is 2.45. The Labute approximate surface area is 302 Å². The van der Waals surface area contributed by atoms with Gasteiger partial charge in [0.15, 0.2) is 0 Å². The van der Waals surface area contributed by atoms with Gasteiger partial charge in [-0.15, -0.1) is 0 Å². The van der Waals surface area contributed by atoms with Gasteiger partial charge in [0.25, 0.3) is 5.56 Å². The van der Waals surface area contributed by atoms with Gasteiger partial charge in [0.05, 0.1) is 33.1 Å². The Morgan fingerprint density at radius 2 is 0.849 bits per heavy atom. The molecule has 0 fully saturated rings. The minimum absolute atomic E-state index is 0.0109. The summed E-state index contributed by atoms with van der Waals surface area (Å²) in [6, 6.07) is 62.3. The molecular formula is C49H29N3O. The van der Waals surface area contributed by atoms with Crippen LogP contribution < -0.4 is 5.56 Å². The first-order valence-corrected chi connectivity index (χ1v) is 18.1. The van der Waals surface area contributed by atoms with Crippen LogP contribution in [-0.4, -0.2) is 13.5 Å². The second-order valence-electron chi connectivity index (χ2n) is 14.1. The van der Waals surface area contributed by atoms with E-state index >= 15 is 0 Å².